The predicted molar refractivity (Wildman–Crippen MR) is 239 cm³/mol. The second kappa shape index (κ2) is 16.3. The lowest BCUT2D eigenvalue weighted by Gasteiger charge is -2.56. The number of hydrogen-bond acceptors (Lipinski definition) is 13. The van der Waals surface area contributed by atoms with E-state index in [4.69, 9.17) is 14.2 Å². The SMILES string of the molecule is O=C(NS(=O)(=O)c1cc([N+](=O)[O-])c2c(n1)OC[C@H](C1CCOCC1)N2)c1ccc(N2CCC3(CC2)CC(N2CCC[C@@H]2c2ccccc2C2CC2)C3)cc1Oc1cnc2[nH]ccc2c1. The molecule has 17 heteroatoms. The zero-order valence-electron chi connectivity index (χ0n) is 35.5. The Morgan fingerprint density at radius 1 is 0.969 bits per heavy atom. The average Bonchev–Trinajstić information content (AvgIpc) is 3.84. The van der Waals surface area contributed by atoms with Crippen molar-refractivity contribution in [2.45, 2.75) is 93.3 Å². The normalized spacial score (nSPS) is 22.7. The number of rotatable bonds is 11. The lowest BCUT2D eigenvalue weighted by Crippen LogP contribution is -2.54. The number of pyridine rings is 2. The van der Waals surface area contributed by atoms with Crippen molar-refractivity contribution >= 4 is 44.0 Å². The molecule has 3 saturated heterocycles. The van der Waals surface area contributed by atoms with Gasteiger partial charge in [0, 0.05) is 61.7 Å². The molecule has 2 aliphatic carbocycles. The number of ether oxygens (including phenoxy) is 3. The fraction of sp³-hybridized carbons (Fsp3) is 0.468. The molecule has 2 aromatic carbocycles. The van der Waals surface area contributed by atoms with Gasteiger partial charge in [-0.3, -0.25) is 19.8 Å². The van der Waals surface area contributed by atoms with Gasteiger partial charge in [0.2, 0.25) is 5.88 Å². The molecule has 64 heavy (non-hydrogen) atoms. The minimum absolute atomic E-state index is 0.00332. The van der Waals surface area contributed by atoms with Crippen LogP contribution < -0.4 is 24.4 Å². The van der Waals surface area contributed by atoms with Gasteiger partial charge >= 0.3 is 5.69 Å². The number of likely N-dealkylation sites (tertiary alicyclic amines) is 1. The Balaban J connectivity index is 0.807. The minimum Gasteiger partial charge on any atom is -0.474 e. The summed E-state index contributed by atoms with van der Waals surface area (Å²) in [5.74, 6) is 0.176. The topological polar surface area (TPSA) is 194 Å². The molecule has 3 aromatic heterocycles. The highest BCUT2D eigenvalue weighted by molar-refractivity contribution is 7.90. The molecule has 5 aromatic rings. The molecule has 2 atom stereocenters. The van der Waals surface area contributed by atoms with Crippen LogP contribution in [0.5, 0.6) is 17.4 Å². The summed E-state index contributed by atoms with van der Waals surface area (Å²) in [6.07, 6.45) is 14.5. The fourth-order valence-electron chi connectivity index (χ4n) is 11.1. The summed E-state index contributed by atoms with van der Waals surface area (Å²) in [5.41, 5.74) is 4.38. The molecule has 6 aliphatic rings. The third-order valence-electron chi connectivity index (χ3n) is 14.7. The average molecular weight is 889 g/mol. The molecule has 5 fully saturated rings. The predicted octanol–water partition coefficient (Wildman–Crippen LogP) is 7.84. The van der Waals surface area contributed by atoms with E-state index < -0.39 is 31.6 Å². The number of aromatic amines is 1. The van der Waals surface area contributed by atoms with Gasteiger partial charge in [-0.25, -0.2) is 9.71 Å². The maximum Gasteiger partial charge on any atom is 0.300 e. The first-order chi connectivity index (χ1) is 31.1. The maximum atomic E-state index is 14.0. The molecule has 1 amide bonds. The summed E-state index contributed by atoms with van der Waals surface area (Å²) in [5, 5.41) is 15.5. The van der Waals surface area contributed by atoms with Gasteiger partial charge in [0.05, 0.1) is 28.8 Å². The first-order valence-corrected chi connectivity index (χ1v) is 24.2. The van der Waals surface area contributed by atoms with Crippen molar-refractivity contribution in [3.63, 3.8) is 0 Å². The van der Waals surface area contributed by atoms with Gasteiger partial charge in [-0.05, 0) is 123 Å². The number of sulfonamides is 1. The van der Waals surface area contributed by atoms with Crippen LogP contribution in [0.2, 0.25) is 0 Å². The quantitative estimate of drug-likeness (QED) is 0.0859. The summed E-state index contributed by atoms with van der Waals surface area (Å²) >= 11 is 0. The molecule has 0 unspecified atom stereocenters. The molecule has 1 spiro atoms. The molecular formula is C47H52N8O8S. The summed E-state index contributed by atoms with van der Waals surface area (Å²) in [6, 6.07) is 19.7. The highest BCUT2D eigenvalue weighted by Crippen LogP contribution is 2.55. The zero-order valence-corrected chi connectivity index (χ0v) is 36.4. The molecular weight excluding hydrogens is 837 g/mol. The molecule has 3 N–H and O–H groups in total. The van der Waals surface area contributed by atoms with Crippen molar-refractivity contribution < 1.29 is 32.3 Å². The summed E-state index contributed by atoms with van der Waals surface area (Å²) < 4.78 is 47.5. The van der Waals surface area contributed by atoms with E-state index >= 15 is 0 Å². The van der Waals surface area contributed by atoms with Crippen LogP contribution in [0.15, 0.2) is 78.1 Å². The number of carbonyl (C=O) groups excluding carboxylic acids is 1. The van der Waals surface area contributed by atoms with Crippen LogP contribution in [0.3, 0.4) is 0 Å². The fourth-order valence-corrected chi connectivity index (χ4v) is 12.0. The number of H-pyrrole nitrogens is 1. The zero-order chi connectivity index (χ0) is 43.6. The highest BCUT2D eigenvalue weighted by Gasteiger charge is 2.50. The molecule has 7 heterocycles. The Morgan fingerprint density at radius 3 is 2.55 bits per heavy atom. The van der Waals surface area contributed by atoms with Crippen LogP contribution in [0.4, 0.5) is 17.1 Å². The largest absolute Gasteiger partial charge is 0.474 e. The van der Waals surface area contributed by atoms with E-state index in [0.717, 1.165) is 61.8 Å². The summed E-state index contributed by atoms with van der Waals surface area (Å²) in [4.78, 5) is 42.4. The lowest BCUT2D eigenvalue weighted by molar-refractivity contribution is -0.384. The molecule has 0 radical (unpaired) electrons. The summed E-state index contributed by atoms with van der Waals surface area (Å²) in [7, 11) is -4.74. The van der Waals surface area contributed by atoms with Gasteiger partial charge < -0.3 is 29.4 Å². The number of aromatic nitrogens is 3. The second-order valence-corrected chi connectivity index (χ2v) is 20.2. The number of nitrogens with zero attached hydrogens (tertiary/aromatic N) is 5. The van der Waals surface area contributed by atoms with Gasteiger partial charge in [0.1, 0.15) is 23.8 Å². The van der Waals surface area contributed by atoms with Gasteiger partial charge in [-0.1, -0.05) is 24.3 Å². The third kappa shape index (κ3) is 7.80. The van der Waals surface area contributed by atoms with Crippen molar-refractivity contribution in [2.75, 3.05) is 49.7 Å². The van der Waals surface area contributed by atoms with Crippen LogP contribution in [0, 0.1) is 21.4 Å². The van der Waals surface area contributed by atoms with E-state index in [0.29, 0.717) is 42.1 Å². The van der Waals surface area contributed by atoms with E-state index in [1.807, 2.05) is 12.1 Å². The van der Waals surface area contributed by atoms with Gasteiger partial charge in [0.25, 0.3) is 15.9 Å². The monoisotopic (exact) mass is 888 g/mol. The van der Waals surface area contributed by atoms with Crippen LogP contribution in [0.1, 0.15) is 97.7 Å². The van der Waals surface area contributed by atoms with Crippen LogP contribution >= 0.6 is 0 Å². The number of carbonyl (C=O) groups is 1. The van der Waals surface area contributed by atoms with Crippen molar-refractivity contribution in [3.8, 4) is 17.4 Å². The second-order valence-electron chi connectivity index (χ2n) is 18.6. The van der Waals surface area contributed by atoms with E-state index in [2.05, 4.69) is 59.1 Å². The van der Waals surface area contributed by atoms with Crippen molar-refractivity contribution in [3.05, 3.63) is 99.9 Å². The molecule has 11 rings (SSSR count). The number of nitrogens with one attached hydrogen (secondary N) is 3. The smallest absolute Gasteiger partial charge is 0.300 e. The van der Waals surface area contributed by atoms with Crippen LogP contribution in [-0.4, -0.2) is 90.6 Å². The first kappa shape index (κ1) is 41.0. The van der Waals surface area contributed by atoms with Crippen LogP contribution in [-0.2, 0) is 14.8 Å². The lowest BCUT2D eigenvalue weighted by atomic mass is 9.59. The Hall–Kier alpha value is -5.78. The Labute approximate surface area is 371 Å². The van der Waals surface area contributed by atoms with Gasteiger partial charge in [-0.15, -0.1) is 0 Å². The van der Waals surface area contributed by atoms with Crippen molar-refractivity contribution in [1.82, 2.24) is 24.6 Å². The number of fused-ring (bicyclic) bond motifs is 2. The van der Waals surface area contributed by atoms with Crippen molar-refractivity contribution in [2.24, 2.45) is 11.3 Å². The molecule has 334 valence electrons. The number of nitro groups is 1. The number of benzene rings is 2. The number of amides is 1. The van der Waals surface area contributed by atoms with Gasteiger partial charge in [-0.2, -0.15) is 13.4 Å². The number of piperidine rings is 1. The van der Waals surface area contributed by atoms with E-state index in [1.165, 1.54) is 51.3 Å². The summed E-state index contributed by atoms with van der Waals surface area (Å²) in [6.45, 7) is 4.15. The van der Waals surface area contributed by atoms with E-state index in [-0.39, 0.29) is 41.4 Å². The van der Waals surface area contributed by atoms with Crippen LogP contribution in [0.25, 0.3) is 11.0 Å². The van der Waals surface area contributed by atoms with E-state index in [9.17, 15) is 23.3 Å². The Kier molecular flexibility index (Phi) is 10.5. The molecule has 0 bridgehead atoms. The maximum absolute atomic E-state index is 14.0. The third-order valence-corrected chi connectivity index (χ3v) is 15.9. The Bertz CT molecular complexity index is 2720. The Morgan fingerprint density at radius 2 is 1.77 bits per heavy atom. The number of hydrogen-bond donors (Lipinski definition) is 3. The van der Waals surface area contributed by atoms with Crippen molar-refractivity contribution in [1.29, 1.82) is 0 Å². The first-order valence-electron chi connectivity index (χ1n) is 22.7. The molecule has 2 saturated carbocycles. The standard InChI is InChI=1S/C47H52N8O8S/c56-45(52-64(59,60)42-24-40(55(57)58)43-46(51-42)62-28-38(50-43)30-12-20-61-21-13-30)37-10-9-32(23-41(37)63-34-22-31-11-16-48-44(31)49-27-34)53-18-14-47(15-19-53)25-33(26-47)54-17-3-6-39(54)36-5-2-1-4-35(36)29-7-8-29/h1-2,4-5,9-11,16,22-24,27,29-30,33,38-39,50H,3,6-8,12-15,17-21,25-26,28H2,(H,48,49)(H,52,56)/t38-,39-/m1/s1. The molecule has 16 nitrogen and oxygen atoms in total. The number of anilines is 2. The highest BCUT2D eigenvalue weighted by atomic mass is 32.2. The van der Waals surface area contributed by atoms with E-state index in [1.54, 1.807) is 35.5 Å². The minimum atomic E-state index is -4.74. The molecule has 4 aliphatic heterocycles. The van der Waals surface area contributed by atoms with Gasteiger partial charge in [0.15, 0.2) is 10.7 Å².